The highest BCUT2D eigenvalue weighted by atomic mass is 32.2. The fourth-order valence-electron chi connectivity index (χ4n) is 3.71. The molecule has 2 heterocycles. The molecule has 8 heteroatoms. The molecular formula is C19H29N3O4S. The van der Waals surface area contributed by atoms with E-state index in [4.69, 9.17) is 4.74 Å². The zero-order valence-corrected chi connectivity index (χ0v) is 17.0. The number of rotatable bonds is 6. The minimum Gasteiger partial charge on any atom is -0.494 e. The largest absolute Gasteiger partial charge is 0.494 e. The van der Waals surface area contributed by atoms with Crippen molar-refractivity contribution in [2.24, 2.45) is 0 Å². The molecule has 150 valence electrons. The van der Waals surface area contributed by atoms with Gasteiger partial charge in [0.05, 0.1) is 17.5 Å². The second kappa shape index (κ2) is 8.58. The number of piperazine rings is 1. The van der Waals surface area contributed by atoms with Gasteiger partial charge in [0, 0.05) is 39.3 Å². The van der Waals surface area contributed by atoms with Gasteiger partial charge in [-0.25, -0.2) is 8.42 Å². The molecule has 0 radical (unpaired) electrons. The normalized spacial score (nSPS) is 20.6. The average molecular weight is 396 g/mol. The molecule has 0 N–H and O–H groups in total. The maximum absolute atomic E-state index is 12.9. The lowest BCUT2D eigenvalue weighted by atomic mass is 10.2. The number of likely N-dealkylation sites (tertiary alicyclic amines) is 1. The second-order valence-electron chi connectivity index (χ2n) is 7.05. The van der Waals surface area contributed by atoms with Crippen molar-refractivity contribution in [1.82, 2.24) is 14.1 Å². The molecule has 2 saturated heterocycles. The van der Waals surface area contributed by atoms with Gasteiger partial charge in [0.2, 0.25) is 15.9 Å². The van der Waals surface area contributed by atoms with Crippen LogP contribution in [0.3, 0.4) is 0 Å². The summed E-state index contributed by atoms with van der Waals surface area (Å²) in [6.45, 7) is 7.97. The number of hydrogen-bond donors (Lipinski definition) is 0. The Morgan fingerprint density at radius 2 is 1.63 bits per heavy atom. The summed E-state index contributed by atoms with van der Waals surface area (Å²) in [6, 6.07) is 6.35. The first-order chi connectivity index (χ1) is 12.9. The highest BCUT2D eigenvalue weighted by molar-refractivity contribution is 7.89. The average Bonchev–Trinajstić information content (AvgIpc) is 3.22. The molecule has 27 heavy (non-hydrogen) atoms. The monoisotopic (exact) mass is 395 g/mol. The van der Waals surface area contributed by atoms with Crippen molar-refractivity contribution < 1.29 is 17.9 Å². The van der Waals surface area contributed by atoms with Gasteiger partial charge in [-0.2, -0.15) is 4.31 Å². The number of carbonyl (C=O) groups is 1. The molecule has 1 amide bonds. The van der Waals surface area contributed by atoms with Crippen LogP contribution in [0.1, 0.15) is 26.7 Å². The van der Waals surface area contributed by atoms with Gasteiger partial charge in [-0.1, -0.05) is 0 Å². The van der Waals surface area contributed by atoms with Crippen LogP contribution in [0, 0.1) is 0 Å². The molecule has 1 aromatic carbocycles. The lowest BCUT2D eigenvalue weighted by Crippen LogP contribution is -2.55. The SMILES string of the molecule is CCOc1ccc(S(=O)(=O)N2CCN(C(C)C(=O)N3CCCC3)CC2)cc1. The minimum atomic E-state index is -3.52. The fourth-order valence-corrected chi connectivity index (χ4v) is 5.13. The van der Waals surface area contributed by atoms with Crippen molar-refractivity contribution >= 4 is 15.9 Å². The first kappa shape index (κ1) is 20.1. The third kappa shape index (κ3) is 4.44. The predicted octanol–water partition coefficient (Wildman–Crippen LogP) is 1.40. The molecular weight excluding hydrogens is 366 g/mol. The standard InChI is InChI=1S/C19H29N3O4S/c1-3-26-17-6-8-18(9-7-17)27(24,25)22-14-12-20(13-15-22)16(2)19(23)21-10-4-5-11-21/h6-9,16H,3-5,10-15H2,1-2H3. The summed E-state index contributed by atoms with van der Waals surface area (Å²) in [7, 11) is -3.52. The van der Waals surface area contributed by atoms with Crippen molar-refractivity contribution in [2.45, 2.75) is 37.6 Å². The smallest absolute Gasteiger partial charge is 0.243 e. The van der Waals surface area contributed by atoms with E-state index in [0.29, 0.717) is 38.5 Å². The highest BCUT2D eigenvalue weighted by Crippen LogP contribution is 2.22. The van der Waals surface area contributed by atoms with E-state index >= 15 is 0 Å². The second-order valence-corrected chi connectivity index (χ2v) is 8.99. The zero-order valence-electron chi connectivity index (χ0n) is 16.1. The number of benzene rings is 1. The lowest BCUT2D eigenvalue weighted by Gasteiger charge is -2.37. The maximum atomic E-state index is 12.9. The summed E-state index contributed by atoms with van der Waals surface area (Å²) >= 11 is 0. The lowest BCUT2D eigenvalue weighted by molar-refractivity contribution is -0.135. The van der Waals surface area contributed by atoms with Gasteiger partial charge in [0.1, 0.15) is 5.75 Å². The van der Waals surface area contributed by atoms with E-state index in [0.717, 1.165) is 25.9 Å². The molecule has 0 saturated carbocycles. The van der Waals surface area contributed by atoms with Gasteiger partial charge < -0.3 is 9.64 Å². The van der Waals surface area contributed by atoms with Gasteiger partial charge in [-0.05, 0) is 51.0 Å². The summed E-state index contributed by atoms with van der Waals surface area (Å²) in [4.78, 5) is 16.9. The van der Waals surface area contributed by atoms with Crippen LogP contribution < -0.4 is 4.74 Å². The molecule has 0 spiro atoms. The molecule has 1 unspecified atom stereocenters. The predicted molar refractivity (Wildman–Crippen MR) is 103 cm³/mol. The van der Waals surface area contributed by atoms with Crippen LogP contribution in [-0.4, -0.2) is 80.3 Å². The summed E-state index contributed by atoms with van der Waals surface area (Å²) in [5.74, 6) is 0.825. The van der Waals surface area contributed by atoms with E-state index in [9.17, 15) is 13.2 Å². The molecule has 7 nitrogen and oxygen atoms in total. The van der Waals surface area contributed by atoms with Gasteiger partial charge in [-0.15, -0.1) is 0 Å². The van der Waals surface area contributed by atoms with Gasteiger partial charge in [-0.3, -0.25) is 9.69 Å². The Bertz CT molecular complexity index is 737. The van der Waals surface area contributed by atoms with E-state index in [2.05, 4.69) is 4.90 Å². The number of amides is 1. The number of ether oxygens (including phenoxy) is 1. The van der Waals surface area contributed by atoms with Gasteiger partial charge >= 0.3 is 0 Å². The van der Waals surface area contributed by atoms with Crippen LogP contribution >= 0.6 is 0 Å². The van der Waals surface area contributed by atoms with Crippen LogP contribution in [0.15, 0.2) is 29.2 Å². The molecule has 1 aromatic rings. The quantitative estimate of drug-likeness (QED) is 0.728. The molecule has 0 aromatic heterocycles. The van der Waals surface area contributed by atoms with Gasteiger partial charge in [0.15, 0.2) is 0 Å². The molecule has 2 aliphatic rings. The van der Waals surface area contributed by atoms with Crippen LogP contribution in [0.2, 0.25) is 0 Å². The maximum Gasteiger partial charge on any atom is 0.243 e. The van der Waals surface area contributed by atoms with Crippen LogP contribution in [0.4, 0.5) is 0 Å². The van der Waals surface area contributed by atoms with Crippen molar-refractivity contribution in [3.05, 3.63) is 24.3 Å². The van der Waals surface area contributed by atoms with Crippen LogP contribution in [-0.2, 0) is 14.8 Å². The van der Waals surface area contributed by atoms with Crippen molar-refractivity contribution in [2.75, 3.05) is 45.9 Å². The Kier molecular flexibility index (Phi) is 6.39. The summed E-state index contributed by atoms with van der Waals surface area (Å²) in [5, 5.41) is 0. The molecule has 2 fully saturated rings. The van der Waals surface area contributed by atoms with Crippen molar-refractivity contribution in [3.8, 4) is 5.75 Å². The first-order valence-electron chi connectivity index (χ1n) is 9.69. The highest BCUT2D eigenvalue weighted by Gasteiger charge is 2.33. The summed E-state index contributed by atoms with van der Waals surface area (Å²) in [5.41, 5.74) is 0. The summed E-state index contributed by atoms with van der Waals surface area (Å²) in [6.07, 6.45) is 2.15. The third-order valence-electron chi connectivity index (χ3n) is 5.37. The Morgan fingerprint density at radius 3 is 2.19 bits per heavy atom. The van der Waals surface area contributed by atoms with E-state index in [1.54, 1.807) is 24.3 Å². The molecule has 1 atom stereocenters. The molecule has 0 aliphatic carbocycles. The number of carbonyl (C=O) groups excluding carboxylic acids is 1. The Labute approximate surface area is 161 Å². The molecule has 0 bridgehead atoms. The van der Waals surface area contributed by atoms with E-state index in [1.807, 2.05) is 18.7 Å². The van der Waals surface area contributed by atoms with Crippen molar-refractivity contribution in [3.63, 3.8) is 0 Å². The topological polar surface area (TPSA) is 70.2 Å². The Morgan fingerprint density at radius 1 is 1.04 bits per heavy atom. The van der Waals surface area contributed by atoms with Crippen LogP contribution in [0.5, 0.6) is 5.75 Å². The van der Waals surface area contributed by atoms with Gasteiger partial charge in [0.25, 0.3) is 0 Å². The summed E-state index contributed by atoms with van der Waals surface area (Å²) < 4.78 is 32.6. The van der Waals surface area contributed by atoms with E-state index in [-0.39, 0.29) is 16.8 Å². The minimum absolute atomic E-state index is 0.162. The fraction of sp³-hybridized carbons (Fsp3) is 0.632. The van der Waals surface area contributed by atoms with E-state index < -0.39 is 10.0 Å². The van der Waals surface area contributed by atoms with E-state index in [1.165, 1.54) is 4.31 Å². The third-order valence-corrected chi connectivity index (χ3v) is 7.28. The number of hydrogen-bond acceptors (Lipinski definition) is 5. The molecule has 2 aliphatic heterocycles. The Balaban J connectivity index is 1.59. The number of nitrogens with zero attached hydrogens (tertiary/aromatic N) is 3. The van der Waals surface area contributed by atoms with Crippen LogP contribution in [0.25, 0.3) is 0 Å². The number of sulfonamides is 1. The zero-order chi connectivity index (χ0) is 19.4. The first-order valence-corrected chi connectivity index (χ1v) is 11.1. The van der Waals surface area contributed by atoms with Crippen molar-refractivity contribution in [1.29, 1.82) is 0 Å². The Hall–Kier alpha value is -1.64. The molecule has 3 rings (SSSR count).